The van der Waals surface area contributed by atoms with Crippen molar-refractivity contribution in [2.45, 2.75) is 30.0 Å². The van der Waals surface area contributed by atoms with Crippen LogP contribution in [0.25, 0.3) is 0 Å². The van der Waals surface area contributed by atoms with Gasteiger partial charge < -0.3 is 9.47 Å². The molecule has 0 N–H and O–H groups in total. The Balaban J connectivity index is 1.47. The summed E-state index contributed by atoms with van der Waals surface area (Å²) >= 11 is 0. The van der Waals surface area contributed by atoms with E-state index in [2.05, 4.69) is 4.98 Å². The summed E-state index contributed by atoms with van der Waals surface area (Å²) in [6.07, 6.45) is -3.02. The molecular weight excluding hydrogens is 397 g/mol. The van der Waals surface area contributed by atoms with E-state index in [1.54, 1.807) is 12.1 Å². The molecule has 0 amide bonds. The fourth-order valence-corrected chi connectivity index (χ4v) is 4.84. The molecule has 0 bridgehead atoms. The number of halogens is 3. The Labute approximate surface area is 159 Å². The SMILES string of the molecule is O=S(=O)(c1ccc2c(c1)CCO2)N1CC[C@@H](Oc2cc(C(F)(F)F)ccn2)C1. The van der Waals surface area contributed by atoms with Crippen molar-refractivity contribution in [1.29, 1.82) is 0 Å². The molecule has 2 aromatic rings. The van der Waals surface area contributed by atoms with Crippen LogP contribution in [0.2, 0.25) is 0 Å². The molecule has 2 aliphatic heterocycles. The fourth-order valence-electron chi connectivity index (χ4n) is 3.31. The predicted octanol–water partition coefficient (Wildman–Crippen LogP) is 2.88. The van der Waals surface area contributed by atoms with Crippen molar-refractivity contribution >= 4 is 10.0 Å². The smallest absolute Gasteiger partial charge is 0.416 e. The van der Waals surface area contributed by atoms with Crippen molar-refractivity contribution in [3.63, 3.8) is 0 Å². The van der Waals surface area contributed by atoms with Crippen LogP contribution in [-0.4, -0.2) is 43.5 Å². The summed E-state index contributed by atoms with van der Waals surface area (Å²) in [7, 11) is -3.72. The van der Waals surface area contributed by atoms with Gasteiger partial charge in [-0.25, -0.2) is 13.4 Å². The van der Waals surface area contributed by atoms with Crippen LogP contribution >= 0.6 is 0 Å². The van der Waals surface area contributed by atoms with Crippen LogP contribution in [0.5, 0.6) is 11.6 Å². The van der Waals surface area contributed by atoms with E-state index in [0.29, 0.717) is 25.2 Å². The number of hydrogen-bond donors (Lipinski definition) is 0. The predicted molar refractivity (Wildman–Crippen MR) is 92.7 cm³/mol. The van der Waals surface area contributed by atoms with E-state index in [1.165, 1.54) is 10.4 Å². The number of nitrogens with zero attached hydrogens (tertiary/aromatic N) is 2. The van der Waals surface area contributed by atoms with Crippen LogP contribution in [0.15, 0.2) is 41.4 Å². The number of pyridine rings is 1. The molecule has 28 heavy (non-hydrogen) atoms. The van der Waals surface area contributed by atoms with Crippen molar-refractivity contribution in [3.05, 3.63) is 47.7 Å². The first-order chi connectivity index (χ1) is 13.2. The first-order valence-electron chi connectivity index (χ1n) is 8.69. The van der Waals surface area contributed by atoms with E-state index in [1.807, 2.05) is 0 Å². The molecule has 3 heterocycles. The Kier molecular flexibility index (Phi) is 4.70. The second kappa shape index (κ2) is 6.93. The summed E-state index contributed by atoms with van der Waals surface area (Å²) in [6, 6.07) is 6.43. The summed E-state index contributed by atoms with van der Waals surface area (Å²) in [5.74, 6) is 0.519. The van der Waals surface area contributed by atoms with Crippen LogP contribution in [0, 0.1) is 0 Å². The zero-order valence-corrected chi connectivity index (χ0v) is 15.5. The maximum absolute atomic E-state index is 12.9. The maximum atomic E-state index is 12.9. The van der Waals surface area contributed by atoms with Crippen LogP contribution in [-0.2, 0) is 22.6 Å². The Morgan fingerprint density at radius 3 is 2.82 bits per heavy atom. The van der Waals surface area contributed by atoms with Crippen LogP contribution < -0.4 is 9.47 Å². The highest BCUT2D eigenvalue weighted by atomic mass is 32.2. The molecule has 1 aromatic carbocycles. The van der Waals surface area contributed by atoms with E-state index in [0.717, 1.165) is 23.9 Å². The van der Waals surface area contributed by atoms with Crippen LogP contribution in [0.4, 0.5) is 13.2 Å². The summed E-state index contributed by atoms with van der Waals surface area (Å²) < 4.78 is 76.4. The van der Waals surface area contributed by atoms with Crippen molar-refractivity contribution < 1.29 is 31.1 Å². The lowest BCUT2D eigenvalue weighted by Crippen LogP contribution is -2.31. The molecule has 0 unspecified atom stereocenters. The molecule has 0 saturated carbocycles. The van der Waals surface area contributed by atoms with E-state index >= 15 is 0 Å². The number of aromatic nitrogens is 1. The van der Waals surface area contributed by atoms with Gasteiger partial charge in [-0.3, -0.25) is 0 Å². The summed E-state index contributed by atoms with van der Waals surface area (Å²) in [5.41, 5.74) is -0.0124. The Bertz CT molecular complexity index is 995. The fraction of sp³-hybridized carbons (Fsp3) is 0.389. The van der Waals surface area contributed by atoms with E-state index < -0.39 is 27.9 Å². The normalized spacial score (nSPS) is 20.0. The lowest BCUT2D eigenvalue weighted by atomic mass is 10.2. The standard InChI is InChI=1S/C18H17F3N2O4S/c19-18(20,21)13-3-6-22-17(10-13)27-14-4-7-23(11-14)28(24,25)15-1-2-16-12(9-15)5-8-26-16/h1-3,6,9-10,14H,4-5,7-8,11H2/t14-/m1/s1. The van der Waals surface area contributed by atoms with Crippen molar-refractivity contribution in [2.75, 3.05) is 19.7 Å². The minimum absolute atomic E-state index is 0.0494. The third kappa shape index (κ3) is 3.66. The number of rotatable bonds is 4. The zero-order valence-electron chi connectivity index (χ0n) is 14.6. The molecule has 1 saturated heterocycles. The van der Waals surface area contributed by atoms with Gasteiger partial charge in [-0.15, -0.1) is 0 Å². The molecule has 10 heteroatoms. The molecule has 1 fully saturated rings. The van der Waals surface area contributed by atoms with Crippen LogP contribution in [0.3, 0.4) is 0 Å². The van der Waals surface area contributed by atoms with Crippen LogP contribution in [0.1, 0.15) is 17.5 Å². The molecular formula is C18H17F3N2O4S. The minimum Gasteiger partial charge on any atom is -0.493 e. The van der Waals surface area contributed by atoms with Gasteiger partial charge in [0.05, 0.1) is 23.6 Å². The van der Waals surface area contributed by atoms with E-state index in [4.69, 9.17) is 9.47 Å². The summed E-state index contributed by atoms with van der Waals surface area (Å²) in [5, 5.41) is 0. The first-order valence-corrected chi connectivity index (χ1v) is 10.1. The number of benzene rings is 1. The molecule has 150 valence electrons. The lowest BCUT2D eigenvalue weighted by molar-refractivity contribution is -0.137. The average Bonchev–Trinajstić information content (AvgIpc) is 3.30. The van der Waals surface area contributed by atoms with Gasteiger partial charge in [0.2, 0.25) is 15.9 Å². The van der Waals surface area contributed by atoms with Gasteiger partial charge >= 0.3 is 6.18 Å². The maximum Gasteiger partial charge on any atom is 0.416 e. The Morgan fingerprint density at radius 2 is 2.04 bits per heavy atom. The molecule has 1 aromatic heterocycles. The third-order valence-electron chi connectivity index (χ3n) is 4.76. The number of alkyl halides is 3. The first kappa shape index (κ1) is 19.0. The van der Waals surface area contributed by atoms with Gasteiger partial charge in [0.15, 0.2) is 0 Å². The largest absolute Gasteiger partial charge is 0.493 e. The average molecular weight is 414 g/mol. The monoisotopic (exact) mass is 414 g/mol. The zero-order chi connectivity index (χ0) is 19.9. The minimum atomic E-state index is -4.50. The molecule has 2 aliphatic rings. The number of fused-ring (bicyclic) bond motifs is 1. The highest BCUT2D eigenvalue weighted by Crippen LogP contribution is 2.32. The molecule has 0 spiro atoms. The number of sulfonamides is 1. The highest BCUT2D eigenvalue weighted by Gasteiger charge is 2.35. The van der Waals surface area contributed by atoms with E-state index in [9.17, 15) is 21.6 Å². The van der Waals surface area contributed by atoms with Gasteiger partial charge in [-0.2, -0.15) is 17.5 Å². The summed E-state index contributed by atoms with van der Waals surface area (Å²) in [4.78, 5) is 3.97. The molecule has 4 rings (SSSR count). The molecule has 0 radical (unpaired) electrons. The number of hydrogen-bond acceptors (Lipinski definition) is 5. The van der Waals surface area contributed by atoms with Gasteiger partial charge in [0.25, 0.3) is 0 Å². The van der Waals surface area contributed by atoms with Crippen molar-refractivity contribution in [1.82, 2.24) is 9.29 Å². The second-order valence-electron chi connectivity index (χ2n) is 6.64. The Hall–Kier alpha value is -2.33. The summed E-state index contributed by atoms with van der Waals surface area (Å²) in [6.45, 7) is 0.801. The van der Waals surface area contributed by atoms with Gasteiger partial charge in [0, 0.05) is 25.2 Å². The van der Waals surface area contributed by atoms with Gasteiger partial charge in [-0.1, -0.05) is 0 Å². The Morgan fingerprint density at radius 1 is 1.21 bits per heavy atom. The quantitative estimate of drug-likeness (QED) is 0.770. The van der Waals surface area contributed by atoms with Crippen molar-refractivity contribution in [3.8, 4) is 11.6 Å². The molecule has 1 atom stereocenters. The highest BCUT2D eigenvalue weighted by molar-refractivity contribution is 7.89. The number of ether oxygens (including phenoxy) is 2. The van der Waals surface area contributed by atoms with Crippen molar-refractivity contribution in [2.24, 2.45) is 0 Å². The van der Waals surface area contributed by atoms with Gasteiger partial charge in [-0.05, 0) is 36.2 Å². The molecule has 6 nitrogen and oxygen atoms in total. The second-order valence-corrected chi connectivity index (χ2v) is 8.58. The van der Waals surface area contributed by atoms with E-state index in [-0.39, 0.29) is 23.9 Å². The lowest BCUT2D eigenvalue weighted by Gasteiger charge is -2.18. The molecule has 0 aliphatic carbocycles. The van der Waals surface area contributed by atoms with Gasteiger partial charge in [0.1, 0.15) is 11.9 Å². The third-order valence-corrected chi connectivity index (χ3v) is 6.62. The topological polar surface area (TPSA) is 68.7 Å².